The third-order valence-corrected chi connectivity index (χ3v) is 3.75. The van der Waals surface area contributed by atoms with Crippen molar-refractivity contribution >= 4 is 0 Å². The third kappa shape index (κ3) is 4.86. The molecule has 0 radical (unpaired) electrons. The minimum Gasteiger partial charge on any atom is -0.491 e. The lowest BCUT2D eigenvalue weighted by atomic mass is 10.0. The molecule has 2 aromatic carbocycles. The number of aliphatic hydroxyl groups excluding tert-OH is 1. The number of hydrogen-bond acceptors (Lipinski definition) is 3. The van der Waals surface area contributed by atoms with E-state index in [1.165, 1.54) is 11.1 Å². The number of hydrogen-bond donors (Lipinski definition) is 2. The van der Waals surface area contributed by atoms with Crippen molar-refractivity contribution in [3.05, 3.63) is 65.2 Å². The van der Waals surface area contributed by atoms with Gasteiger partial charge in [-0.15, -0.1) is 0 Å². The summed E-state index contributed by atoms with van der Waals surface area (Å²) in [6.07, 6.45) is -0.535. The van der Waals surface area contributed by atoms with Gasteiger partial charge in [0.2, 0.25) is 0 Å². The lowest BCUT2D eigenvalue weighted by Gasteiger charge is -2.19. The van der Waals surface area contributed by atoms with Gasteiger partial charge in [-0.25, -0.2) is 0 Å². The van der Waals surface area contributed by atoms with E-state index in [9.17, 15) is 5.11 Å². The minimum absolute atomic E-state index is 0.204. The van der Waals surface area contributed by atoms with Gasteiger partial charge in [-0.3, -0.25) is 0 Å². The number of nitrogens with one attached hydrogen (secondary N) is 1. The van der Waals surface area contributed by atoms with E-state index in [0.29, 0.717) is 6.54 Å². The van der Waals surface area contributed by atoms with Gasteiger partial charge in [0.1, 0.15) is 18.5 Å². The second-order valence-corrected chi connectivity index (χ2v) is 5.77. The minimum atomic E-state index is -0.535. The van der Waals surface area contributed by atoms with Crippen LogP contribution in [0.25, 0.3) is 0 Å². The average Bonchev–Trinajstić information content (AvgIpc) is 2.51. The molecule has 0 saturated carbocycles. The maximum Gasteiger partial charge on any atom is 0.119 e. The molecule has 2 atom stereocenters. The topological polar surface area (TPSA) is 41.5 Å². The van der Waals surface area contributed by atoms with Gasteiger partial charge in [-0.2, -0.15) is 0 Å². The lowest BCUT2D eigenvalue weighted by molar-refractivity contribution is 0.104. The second kappa shape index (κ2) is 7.97. The molecule has 0 spiro atoms. The quantitative estimate of drug-likeness (QED) is 0.823. The number of aliphatic hydroxyl groups is 1. The van der Waals surface area contributed by atoms with Crippen molar-refractivity contribution in [1.29, 1.82) is 0 Å². The van der Waals surface area contributed by atoms with Gasteiger partial charge in [0.05, 0.1) is 0 Å². The number of aryl methyl sites for hydroxylation is 2. The first-order chi connectivity index (χ1) is 10.6. The molecule has 2 aromatic rings. The van der Waals surface area contributed by atoms with E-state index in [-0.39, 0.29) is 12.6 Å². The van der Waals surface area contributed by atoms with Gasteiger partial charge in [0.15, 0.2) is 0 Å². The standard InChI is InChI=1S/C19H25NO2/c1-14-7-6-9-18(11-14)22-13-17(21)12-20-16(3)19-10-5-4-8-15(19)2/h4-11,16-17,20-21H,12-13H2,1-3H3/t16-,17+/m1/s1. The highest BCUT2D eigenvalue weighted by Gasteiger charge is 2.11. The van der Waals surface area contributed by atoms with Crippen LogP contribution in [0.1, 0.15) is 29.7 Å². The van der Waals surface area contributed by atoms with Crippen LogP contribution in [0.5, 0.6) is 5.75 Å². The fourth-order valence-electron chi connectivity index (χ4n) is 2.45. The summed E-state index contributed by atoms with van der Waals surface area (Å²) in [5.41, 5.74) is 3.67. The maximum atomic E-state index is 10.1. The van der Waals surface area contributed by atoms with Crippen LogP contribution in [0.4, 0.5) is 0 Å². The molecule has 0 heterocycles. The maximum absolute atomic E-state index is 10.1. The normalized spacial score (nSPS) is 13.6. The van der Waals surface area contributed by atoms with Crippen molar-refractivity contribution in [2.75, 3.05) is 13.2 Å². The summed E-state index contributed by atoms with van der Waals surface area (Å²) < 4.78 is 5.62. The predicted molar refractivity (Wildman–Crippen MR) is 90.3 cm³/mol. The van der Waals surface area contributed by atoms with Crippen molar-refractivity contribution in [3.63, 3.8) is 0 Å². The molecule has 0 unspecified atom stereocenters. The number of benzene rings is 2. The van der Waals surface area contributed by atoms with Gasteiger partial charge in [-0.1, -0.05) is 36.4 Å². The molecule has 3 nitrogen and oxygen atoms in total. The summed E-state index contributed by atoms with van der Waals surface area (Å²) in [5.74, 6) is 0.797. The molecule has 0 aliphatic rings. The zero-order valence-corrected chi connectivity index (χ0v) is 13.5. The smallest absolute Gasteiger partial charge is 0.119 e. The van der Waals surface area contributed by atoms with E-state index in [4.69, 9.17) is 4.74 Å². The molecule has 2 N–H and O–H groups in total. The zero-order valence-electron chi connectivity index (χ0n) is 13.5. The van der Waals surface area contributed by atoms with Crippen LogP contribution in [0, 0.1) is 13.8 Å². The van der Waals surface area contributed by atoms with E-state index in [1.807, 2.05) is 43.3 Å². The third-order valence-electron chi connectivity index (χ3n) is 3.75. The van der Waals surface area contributed by atoms with Gasteiger partial charge in [0.25, 0.3) is 0 Å². The zero-order chi connectivity index (χ0) is 15.9. The molecule has 0 fully saturated rings. The molecule has 3 heteroatoms. The van der Waals surface area contributed by atoms with Crippen molar-refractivity contribution in [2.24, 2.45) is 0 Å². The highest BCUT2D eigenvalue weighted by atomic mass is 16.5. The summed E-state index contributed by atoms with van der Waals surface area (Å²) in [4.78, 5) is 0. The van der Waals surface area contributed by atoms with Crippen molar-refractivity contribution < 1.29 is 9.84 Å². The molecule has 118 valence electrons. The predicted octanol–water partition coefficient (Wildman–Crippen LogP) is 3.39. The summed E-state index contributed by atoms with van der Waals surface area (Å²) >= 11 is 0. The van der Waals surface area contributed by atoms with Crippen LogP contribution in [-0.4, -0.2) is 24.4 Å². The van der Waals surface area contributed by atoms with E-state index in [0.717, 1.165) is 11.3 Å². The van der Waals surface area contributed by atoms with E-state index in [1.54, 1.807) is 0 Å². The van der Waals surface area contributed by atoms with Gasteiger partial charge < -0.3 is 15.2 Å². The monoisotopic (exact) mass is 299 g/mol. The van der Waals surface area contributed by atoms with Crippen LogP contribution in [-0.2, 0) is 0 Å². The first kappa shape index (κ1) is 16.5. The molecule has 0 bridgehead atoms. The Morgan fingerprint density at radius 2 is 1.86 bits per heavy atom. The summed E-state index contributed by atoms with van der Waals surface area (Å²) in [6, 6.07) is 16.3. The molecule has 0 amide bonds. The SMILES string of the molecule is Cc1cccc(OC[C@@H](O)CN[C@H](C)c2ccccc2C)c1. The van der Waals surface area contributed by atoms with Crippen molar-refractivity contribution in [3.8, 4) is 5.75 Å². The van der Waals surface area contributed by atoms with Crippen LogP contribution in [0.3, 0.4) is 0 Å². The fraction of sp³-hybridized carbons (Fsp3) is 0.368. The Morgan fingerprint density at radius 3 is 2.59 bits per heavy atom. The van der Waals surface area contributed by atoms with Crippen molar-refractivity contribution in [2.45, 2.75) is 32.9 Å². The summed E-state index contributed by atoms with van der Waals surface area (Å²) in [7, 11) is 0. The largest absolute Gasteiger partial charge is 0.491 e. The van der Waals surface area contributed by atoms with Crippen LogP contribution < -0.4 is 10.1 Å². The molecule has 2 rings (SSSR count). The van der Waals surface area contributed by atoms with Gasteiger partial charge in [-0.05, 0) is 49.6 Å². The second-order valence-electron chi connectivity index (χ2n) is 5.77. The first-order valence-electron chi connectivity index (χ1n) is 7.72. The molecule has 0 aromatic heterocycles. The lowest BCUT2D eigenvalue weighted by Crippen LogP contribution is -2.33. The van der Waals surface area contributed by atoms with Crippen molar-refractivity contribution in [1.82, 2.24) is 5.32 Å². The summed E-state index contributed by atoms with van der Waals surface area (Å²) in [6.45, 7) is 7.02. The van der Waals surface area contributed by atoms with Crippen LogP contribution in [0.15, 0.2) is 48.5 Å². The number of rotatable bonds is 7. The Morgan fingerprint density at radius 1 is 1.09 bits per heavy atom. The number of ether oxygens (including phenoxy) is 1. The summed E-state index contributed by atoms with van der Waals surface area (Å²) in [5, 5.41) is 13.4. The van der Waals surface area contributed by atoms with E-state index in [2.05, 4.69) is 31.3 Å². The molecular formula is C19H25NO2. The molecule has 0 aliphatic carbocycles. The fourth-order valence-corrected chi connectivity index (χ4v) is 2.45. The molecule has 0 saturated heterocycles. The van der Waals surface area contributed by atoms with Gasteiger partial charge >= 0.3 is 0 Å². The average molecular weight is 299 g/mol. The Balaban J connectivity index is 1.78. The molecular weight excluding hydrogens is 274 g/mol. The van der Waals surface area contributed by atoms with Crippen LogP contribution >= 0.6 is 0 Å². The highest BCUT2D eigenvalue weighted by Crippen LogP contribution is 2.16. The Labute approximate surface area is 133 Å². The highest BCUT2D eigenvalue weighted by molar-refractivity contribution is 5.28. The molecule has 0 aliphatic heterocycles. The van der Waals surface area contributed by atoms with Gasteiger partial charge in [0, 0.05) is 12.6 Å². The van der Waals surface area contributed by atoms with Crippen LogP contribution in [0.2, 0.25) is 0 Å². The Kier molecular flexibility index (Phi) is 5.99. The Hall–Kier alpha value is -1.84. The van der Waals surface area contributed by atoms with E-state index < -0.39 is 6.10 Å². The Bertz CT molecular complexity index is 597. The molecule has 22 heavy (non-hydrogen) atoms. The first-order valence-corrected chi connectivity index (χ1v) is 7.72. The van der Waals surface area contributed by atoms with E-state index >= 15 is 0 Å².